The summed E-state index contributed by atoms with van der Waals surface area (Å²) in [5.74, 6) is -3.90. The minimum absolute atomic E-state index is 0.0909. The molecule has 0 spiro atoms. The van der Waals surface area contributed by atoms with Crippen molar-refractivity contribution in [3.63, 3.8) is 0 Å². The molecule has 0 aromatic heterocycles. The molecule has 1 aliphatic rings. The molecular formula is C22H27N3O10S3. The SMILES string of the molecule is CNS(=O)(=O)Oc1ccc(C[C@@H](C(=O)O)N(C(=O)C2CS(=O)(=O)CCN2)S(=O)(=O)c2ccc(C)cc2)cc1. The van der Waals surface area contributed by atoms with Gasteiger partial charge in [0.25, 0.3) is 15.9 Å². The second-order valence-corrected chi connectivity index (χ2v) is 14.0. The second kappa shape index (κ2) is 11.4. The smallest absolute Gasteiger partial charge is 0.382 e. The van der Waals surface area contributed by atoms with Gasteiger partial charge in [-0.3, -0.25) is 4.79 Å². The Morgan fingerprint density at radius 1 is 1.11 bits per heavy atom. The number of nitrogens with zero attached hydrogens (tertiary/aromatic N) is 1. The molecule has 1 unspecified atom stereocenters. The van der Waals surface area contributed by atoms with Crippen LogP contribution in [0.1, 0.15) is 11.1 Å². The van der Waals surface area contributed by atoms with Gasteiger partial charge in [0.1, 0.15) is 17.8 Å². The Morgan fingerprint density at radius 3 is 2.24 bits per heavy atom. The first kappa shape index (κ1) is 29.5. The van der Waals surface area contributed by atoms with Crippen molar-refractivity contribution in [3.8, 4) is 5.75 Å². The highest BCUT2D eigenvalue weighted by Crippen LogP contribution is 2.24. The van der Waals surface area contributed by atoms with E-state index in [1.54, 1.807) is 6.92 Å². The summed E-state index contributed by atoms with van der Waals surface area (Å²) in [6.07, 6.45) is -0.495. The third kappa shape index (κ3) is 7.08. The lowest BCUT2D eigenvalue weighted by Gasteiger charge is -2.33. The molecule has 0 aliphatic carbocycles. The molecule has 1 aliphatic heterocycles. The van der Waals surface area contributed by atoms with Crippen molar-refractivity contribution in [1.82, 2.24) is 14.3 Å². The van der Waals surface area contributed by atoms with Crippen molar-refractivity contribution in [1.29, 1.82) is 0 Å². The van der Waals surface area contributed by atoms with Crippen LogP contribution in [0.3, 0.4) is 0 Å². The minimum Gasteiger partial charge on any atom is -0.480 e. The van der Waals surface area contributed by atoms with Gasteiger partial charge in [0.2, 0.25) is 0 Å². The summed E-state index contributed by atoms with van der Waals surface area (Å²) in [5.41, 5.74) is 0.965. The van der Waals surface area contributed by atoms with Crippen molar-refractivity contribution in [2.75, 3.05) is 25.1 Å². The molecule has 3 rings (SSSR count). The monoisotopic (exact) mass is 589 g/mol. The van der Waals surface area contributed by atoms with Crippen LogP contribution in [0, 0.1) is 6.92 Å². The fraction of sp³-hybridized carbons (Fsp3) is 0.364. The maximum absolute atomic E-state index is 13.6. The lowest BCUT2D eigenvalue weighted by molar-refractivity contribution is -0.146. The topological polar surface area (TPSA) is 193 Å². The largest absolute Gasteiger partial charge is 0.480 e. The molecule has 1 fully saturated rings. The van der Waals surface area contributed by atoms with Gasteiger partial charge < -0.3 is 14.6 Å². The lowest BCUT2D eigenvalue weighted by Crippen LogP contribution is -2.59. The van der Waals surface area contributed by atoms with Crippen molar-refractivity contribution in [3.05, 3.63) is 59.7 Å². The minimum atomic E-state index is -4.75. The van der Waals surface area contributed by atoms with Crippen molar-refractivity contribution in [2.24, 2.45) is 0 Å². The molecule has 3 N–H and O–H groups in total. The first-order valence-electron chi connectivity index (χ1n) is 11.2. The van der Waals surface area contributed by atoms with Crippen LogP contribution in [0.25, 0.3) is 0 Å². The summed E-state index contributed by atoms with van der Waals surface area (Å²) in [7, 11) is -11.3. The molecule has 0 bridgehead atoms. The molecule has 0 radical (unpaired) electrons. The average Bonchev–Trinajstić information content (AvgIpc) is 2.84. The van der Waals surface area contributed by atoms with Crippen LogP contribution in [0.5, 0.6) is 5.75 Å². The first-order valence-corrected chi connectivity index (χ1v) is 15.9. The van der Waals surface area contributed by atoms with E-state index in [-0.39, 0.29) is 32.8 Å². The number of carboxylic acids is 1. The van der Waals surface area contributed by atoms with Crippen LogP contribution in [0.4, 0.5) is 0 Å². The molecule has 1 amide bonds. The van der Waals surface area contributed by atoms with Gasteiger partial charge in [-0.2, -0.15) is 13.1 Å². The number of sulfonamides is 1. The zero-order valence-electron chi connectivity index (χ0n) is 20.4. The molecule has 208 valence electrons. The van der Waals surface area contributed by atoms with Crippen LogP contribution in [0.2, 0.25) is 0 Å². The molecule has 0 saturated carbocycles. The maximum Gasteiger partial charge on any atom is 0.382 e. The Bertz CT molecular complexity index is 1510. The van der Waals surface area contributed by atoms with Gasteiger partial charge in [-0.1, -0.05) is 29.8 Å². The third-order valence-corrected chi connectivity index (χ3v) is 10.1. The summed E-state index contributed by atoms with van der Waals surface area (Å²) < 4.78 is 81.7. The Labute approximate surface area is 221 Å². The van der Waals surface area contributed by atoms with E-state index in [0.717, 1.165) is 12.6 Å². The van der Waals surface area contributed by atoms with Gasteiger partial charge >= 0.3 is 16.3 Å². The number of amides is 1. The fourth-order valence-electron chi connectivity index (χ4n) is 3.70. The van der Waals surface area contributed by atoms with E-state index >= 15 is 0 Å². The van der Waals surface area contributed by atoms with E-state index in [4.69, 9.17) is 4.18 Å². The molecule has 2 aromatic carbocycles. The van der Waals surface area contributed by atoms with Crippen molar-refractivity contribution >= 4 is 42.0 Å². The molecule has 1 saturated heterocycles. The van der Waals surface area contributed by atoms with E-state index < -0.39 is 66.3 Å². The van der Waals surface area contributed by atoms with E-state index in [1.807, 2.05) is 4.72 Å². The van der Waals surface area contributed by atoms with Crippen LogP contribution in [-0.4, -0.2) is 83.7 Å². The summed E-state index contributed by atoms with van der Waals surface area (Å²) in [6, 6.07) is 7.09. The zero-order valence-corrected chi connectivity index (χ0v) is 22.8. The molecule has 2 atom stereocenters. The molecule has 16 heteroatoms. The van der Waals surface area contributed by atoms with Crippen molar-refractivity contribution < 1.29 is 44.1 Å². The Kier molecular flexibility index (Phi) is 8.82. The molecule has 2 aromatic rings. The number of benzene rings is 2. The maximum atomic E-state index is 13.6. The molecule has 13 nitrogen and oxygen atoms in total. The highest BCUT2D eigenvalue weighted by Gasteiger charge is 2.44. The number of hydrogen-bond donors (Lipinski definition) is 3. The normalized spacial score (nSPS) is 18.3. The quantitative estimate of drug-likeness (QED) is 0.322. The summed E-state index contributed by atoms with van der Waals surface area (Å²) >= 11 is 0. The number of carbonyl (C=O) groups excluding carboxylic acids is 1. The Morgan fingerprint density at radius 2 is 1.71 bits per heavy atom. The average molecular weight is 590 g/mol. The van der Waals surface area contributed by atoms with Crippen LogP contribution < -0.4 is 14.2 Å². The third-order valence-electron chi connectivity index (χ3n) is 5.69. The van der Waals surface area contributed by atoms with Gasteiger partial charge in [0, 0.05) is 20.0 Å². The van der Waals surface area contributed by atoms with E-state index in [9.17, 15) is 39.9 Å². The number of carbonyl (C=O) groups is 2. The second-order valence-electron chi connectivity index (χ2n) is 8.52. The predicted octanol–water partition coefficient (Wildman–Crippen LogP) is -0.562. The highest BCUT2D eigenvalue weighted by molar-refractivity contribution is 7.91. The number of nitrogens with one attached hydrogen (secondary N) is 2. The van der Waals surface area contributed by atoms with E-state index in [2.05, 4.69) is 5.32 Å². The van der Waals surface area contributed by atoms with E-state index in [1.165, 1.54) is 48.5 Å². The number of hydrogen-bond acceptors (Lipinski definition) is 10. The number of carboxylic acid groups (broad SMARTS) is 1. The first-order chi connectivity index (χ1) is 17.6. The highest BCUT2D eigenvalue weighted by atomic mass is 32.2. The van der Waals surface area contributed by atoms with Crippen LogP contribution in [0.15, 0.2) is 53.4 Å². The van der Waals surface area contributed by atoms with Gasteiger partial charge in [0.05, 0.1) is 16.4 Å². The molecular weight excluding hydrogens is 562 g/mol. The molecule has 1 heterocycles. The number of sulfone groups is 1. The Hall–Kier alpha value is -3.05. The standard InChI is InChI=1S/C22H27N3O10S3/c1-15-3-9-18(10-4-15)37(31,32)25(21(26)19-14-36(29,30)12-11-24-19)20(22(27)28)13-16-5-7-17(8-6-16)35-38(33,34)23-2/h3-10,19-20,23-24H,11-14H2,1-2H3,(H,27,28)/t19?,20-/m0/s1. The van der Waals surface area contributed by atoms with Crippen molar-refractivity contribution in [2.45, 2.75) is 30.3 Å². The summed E-state index contributed by atoms with van der Waals surface area (Å²) in [4.78, 5) is 25.5. The van der Waals surface area contributed by atoms with Crippen LogP contribution in [-0.2, 0) is 46.2 Å². The van der Waals surface area contributed by atoms with Gasteiger partial charge in [-0.05, 0) is 36.8 Å². The van der Waals surface area contributed by atoms with Gasteiger partial charge in [-0.25, -0.2) is 25.9 Å². The van der Waals surface area contributed by atoms with Gasteiger partial charge in [0.15, 0.2) is 9.84 Å². The number of aryl methyl sites for hydroxylation is 1. The number of rotatable bonds is 10. The van der Waals surface area contributed by atoms with Crippen LogP contribution >= 0.6 is 0 Å². The predicted molar refractivity (Wildman–Crippen MR) is 136 cm³/mol. The summed E-state index contributed by atoms with van der Waals surface area (Å²) in [5, 5.41) is 12.7. The number of aliphatic carboxylic acids is 1. The summed E-state index contributed by atoms with van der Waals surface area (Å²) in [6.45, 7) is 1.61. The fourth-order valence-corrected chi connectivity index (χ4v) is 7.09. The zero-order chi connectivity index (χ0) is 28.3. The molecule has 38 heavy (non-hydrogen) atoms. The van der Waals surface area contributed by atoms with E-state index in [0.29, 0.717) is 0 Å². The lowest BCUT2D eigenvalue weighted by atomic mass is 10.1. The van der Waals surface area contributed by atoms with Gasteiger partial charge in [-0.15, -0.1) is 0 Å². The Balaban J connectivity index is 2.03.